The third-order valence-corrected chi connectivity index (χ3v) is 2.10. The maximum Gasteiger partial charge on any atom is 1.00 e. The maximum absolute atomic E-state index is 11.3. The summed E-state index contributed by atoms with van der Waals surface area (Å²) in [4.78, 5) is 19.7. The van der Waals surface area contributed by atoms with Crippen molar-refractivity contribution in [2.75, 3.05) is 0 Å². The SMILES string of the molecule is Cn1nc2ccc(Br)cn2c1=O.O=C([O-])[O-].[Cs+].[Cs+]. The number of pyridine rings is 1. The first-order chi connectivity index (χ1) is 7.41. The van der Waals surface area contributed by atoms with E-state index in [2.05, 4.69) is 21.0 Å². The molecule has 0 aliphatic rings. The summed E-state index contributed by atoms with van der Waals surface area (Å²) in [6.45, 7) is 0. The Morgan fingerprint density at radius 1 is 1.33 bits per heavy atom. The predicted molar refractivity (Wildman–Crippen MR) is 53.5 cm³/mol. The van der Waals surface area contributed by atoms with Gasteiger partial charge >= 0.3 is 143 Å². The summed E-state index contributed by atoms with van der Waals surface area (Å²) >= 11 is 3.28. The van der Waals surface area contributed by atoms with Crippen molar-refractivity contribution in [2.24, 2.45) is 7.05 Å². The van der Waals surface area contributed by atoms with Crippen molar-refractivity contribution in [1.82, 2.24) is 14.2 Å². The number of fused-ring (bicyclic) bond motifs is 1. The minimum atomic E-state index is -2.33. The van der Waals surface area contributed by atoms with Crippen molar-refractivity contribution in [3.8, 4) is 0 Å². The Bertz CT molecular complexity index is 579. The van der Waals surface area contributed by atoms with Crippen LogP contribution in [0.5, 0.6) is 0 Å². The quantitative estimate of drug-likeness (QED) is 0.323. The molecule has 0 N–H and O–H groups in total. The van der Waals surface area contributed by atoms with Gasteiger partial charge in [0.2, 0.25) is 0 Å². The Labute approximate surface area is 228 Å². The second-order valence-electron chi connectivity index (χ2n) is 2.73. The van der Waals surface area contributed by atoms with Crippen LogP contribution in [0.1, 0.15) is 0 Å². The smallest absolute Gasteiger partial charge is 0.652 e. The summed E-state index contributed by atoms with van der Waals surface area (Å²) in [5, 5.41) is 20.7. The Kier molecular flexibility index (Phi) is 13.7. The van der Waals surface area contributed by atoms with E-state index in [1.54, 1.807) is 19.3 Å². The Morgan fingerprint density at radius 2 is 1.83 bits per heavy atom. The first-order valence-electron chi connectivity index (χ1n) is 4.00. The number of halogens is 1. The fourth-order valence-corrected chi connectivity index (χ4v) is 1.39. The van der Waals surface area contributed by atoms with E-state index in [0.717, 1.165) is 4.47 Å². The van der Waals surface area contributed by atoms with E-state index in [4.69, 9.17) is 15.0 Å². The van der Waals surface area contributed by atoms with Gasteiger partial charge in [0.25, 0.3) is 0 Å². The fourth-order valence-electron chi connectivity index (χ4n) is 1.05. The van der Waals surface area contributed by atoms with Crippen LogP contribution in [0.15, 0.2) is 27.6 Å². The summed E-state index contributed by atoms with van der Waals surface area (Å²) in [5.74, 6) is 0. The van der Waals surface area contributed by atoms with E-state index >= 15 is 0 Å². The minimum Gasteiger partial charge on any atom is -0.652 e. The summed E-state index contributed by atoms with van der Waals surface area (Å²) in [6.07, 6.45) is -0.634. The average Bonchev–Trinajstić information content (AvgIpc) is 2.43. The number of nitrogens with zero attached hydrogens (tertiary/aromatic N) is 3. The molecule has 2 aromatic rings. The molecule has 0 aliphatic carbocycles. The molecular weight excluding hydrogens is 548 g/mol. The number of aromatic nitrogens is 3. The number of hydrogen-bond donors (Lipinski definition) is 0. The topological polar surface area (TPSA) is 102 Å². The van der Waals surface area contributed by atoms with E-state index in [1.165, 1.54) is 9.08 Å². The largest absolute Gasteiger partial charge is 1.00 e. The normalized spacial score (nSPS) is 8.56. The van der Waals surface area contributed by atoms with Crippen LogP contribution in [-0.2, 0) is 7.05 Å². The maximum atomic E-state index is 11.3. The van der Waals surface area contributed by atoms with Crippen LogP contribution in [0, 0.1) is 0 Å². The van der Waals surface area contributed by atoms with E-state index < -0.39 is 6.16 Å². The number of carbonyl (C=O) groups excluding carboxylic acids is 1. The molecule has 7 nitrogen and oxygen atoms in total. The Balaban J connectivity index is 0. The van der Waals surface area contributed by atoms with Gasteiger partial charge in [-0.15, -0.1) is 0 Å². The second-order valence-corrected chi connectivity index (χ2v) is 3.65. The van der Waals surface area contributed by atoms with Crippen LogP contribution >= 0.6 is 15.9 Å². The third-order valence-electron chi connectivity index (χ3n) is 1.63. The molecule has 0 aliphatic heterocycles. The van der Waals surface area contributed by atoms with Crippen molar-refractivity contribution in [2.45, 2.75) is 0 Å². The van der Waals surface area contributed by atoms with Crippen LogP contribution < -0.4 is 154 Å². The number of hydrogen-bond acceptors (Lipinski definition) is 5. The molecule has 0 spiro atoms. The molecule has 86 valence electrons. The van der Waals surface area contributed by atoms with E-state index in [0.29, 0.717) is 5.65 Å². The molecule has 0 bridgehead atoms. The molecule has 0 radical (unpaired) electrons. The summed E-state index contributed by atoms with van der Waals surface area (Å²) < 4.78 is 3.66. The fraction of sp³-hybridized carbons (Fsp3) is 0.125. The monoisotopic (exact) mass is 553 g/mol. The second kappa shape index (κ2) is 10.9. The number of carboxylic acid groups (broad SMARTS) is 2. The van der Waals surface area contributed by atoms with E-state index in [1.807, 2.05) is 6.07 Å². The predicted octanol–water partition coefficient (Wildman–Crippen LogP) is -7.64. The molecule has 18 heavy (non-hydrogen) atoms. The van der Waals surface area contributed by atoms with E-state index in [9.17, 15) is 4.79 Å². The Morgan fingerprint density at radius 3 is 2.33 bits per heavy atom. The Hall–Kier alpha value is 2.27. The number of aryl methyl sites for hydroxylation is 1. The van der Waals surface area contributed by atoms with Gasteiger partial charge in [-0.2, -0.15) is 5.10 Å². The molecule has 2 rings (SSSR count). The third kappa shape index (κ3) is 7.33. The zero-order valence-corrected chi connectivity index (χ0v) is 24.2. The van der Waals surface area contributed by atoms with Crippen molar-refractivity contribution < 1.29 is 153 Å². The van der Waals surface area contributed by atoms with Crippen LogP contribution in [0.4, 0.5) is 4.79 Å². The molecule has 0 amide bonds. The van der Waals surface area contributed by atoms with Crippen LogP contribution in [0.2, 0.25) is 0 Å². The van der Waals surface area contributed by atoms with Crippen molar-refractivity contribution in [3.05, 3.63) is 33.3 Å². The standard InChI is InChI=1S/C7H6BrN3O.CH2O3.2Cs/c1-10-7(12)11-4-5(8)2-3-6(11)9-10;2-1(3)4;;/h2-4H,1H3;(H2,2,3,4);;/q;;2*+1/p-2. The molecule has 0 unspecified atom stereocenters. The molecule has 0 atom stereocenters. The van der Waals surface area contributed by atoms with Gasteiger partial charge in [-0.1, -0.05) is 0 Å². The van der Waals surface area contributed by atoms with Gasteiger partial charge in [-0.05, 0) is 34.2 Å². The first-order valence-corrected chi connectivity index (χ1v) is 4.80. The molecule has 0 saturated carbocycles. The van der Waals surface area contributed by atoms with Crippen LogP contribution in [0.3, 0.4) is 0 Å². The summed E-state index contributed by atoms with van der Waals surface area (Å²) in [5.41, 5.74) is 0.525. The zero-order chi connectivity index (χ0) is 12.3. The van der Waals surface area contributed by atoms with Crippen LogP contribution in [0.25, 0.3) is 5.65 Å². The average molecular weight is 554 g/mol. The van der Waals surface area contributed by atoms with Gasteiger partial charge in [-0.25, -0.2) is 13.9 Å². The van der Waals surface area contributed by atoms with Crippen LogP contribution in [-0.4, -0.2) is 20.3 Å². The molecule has 0 aromatic carbocycles. The summed E-state index contributed by atoms with van der Waals surface area (Å²) in [6, 6.07) is 3.63. The molecule has 2 aromatic heterocycles. The van der Waals surface area contributed by atoms with Crippen molar-refractivity contribution >= 4 is 27.7 Å². The molecule has 0 fully saturated rings. The van der Waals surface area contributed by atoms with Gasteiger partial charge in [0, 0.05) is 17.7 Å². The van der Waals surface area contributed by atoms with E-state index in [-0.39, 0.29) is 143 Å². The number of rotatable bonds is 0. The molecule has 0 saturated heterocycles. The number of carbonyl (C=O) groups is 1. The first kappa shape index (κ1) is 22.6. The van der Waals surface area contributed by atoms with Crippen molar-refractivity contribution in [3.63, 3.8) is 0 Å². The minimum absolute atomic E-state index is 0. The molecular formula is C8H6BrCs2N3O4. The molecule has 10 heteroatoms. The van der Waals surface area contributed by atoms with Gasteiger partial charge in [0.1, 0.15) is 0 Å². The zero-order valence-electron chi connectivity index (χ0n) is 10.1. The molecule has 2 heterocycles. The summed E-state index contributed by atoms with van der Waals surface area (Å²) in [7, 11) is 1.63. The van der Waals surface area contributed by atoms with Gasteiger partial charge < -0.3 is 15.0 Å². The van der Waals surface area contributed by atoms with Gasteiger partial charge in [0.05, 0.1) is 0 Å². The van der Waals surface area contributed by atoms with Gasteiger partial charge in [-0.3, -0.25) is 0 Å². The van der Waals surface area contributed by atoms with Gasteiger partial charge in [0.15, 0.2) is 5.65 Å². The van der Waals surface area contributed by atoms with Crippen molar-refractivity contribution in [1.29, 1.82) is 0 Å².